The van der Waals surface area contributed by atoms with Crippen molar-refractivity contribution < 1.29 is 0 Å². The SMILES string of the molecule is CCNC(c1ccc(C)nc1)c1ccc(Br)c(C)c1. The van der Waals surface area contributed by atoms with Crippen LogP contribution in [0.3, 0.4) is 0 Å². The Hall–Kier alpha value is -1.19. The topological polar surface area (TPSA) is 24.9 Å². The van der Waals surface area contributed by atoms with Crippen LogP contribution in [0.5, 0.6) is 0 Å². The summed E-state index contributed by atoms with van der Waals surface area (Å²) in [4.78, 5) is 4.40. The Morgan fingerprint density at radius 3 is 2.47 bits per heavy atom. The Bertz CT molecular complexity index is 549. The minimum atomic E-state index is 0.199. The molecular weight excluding hydrogens is 300 g/mol. The summed E-state index contributed by atoms with van der Waals surface area (Å²) >= 11 is 3.55. The molecule has 1 heterocycles. The van der Waals surface area contributed by atoms with Crippen LogP contribution in [0.15, 0.2) is 41.0 Å². The highest BCUT2D eigenvalue weighted by molar-refractivity contribution is 9.10. The van der Waals surface area contributed by atoms with Crippen molar-refractivity contribution in [3.8, 4) is 0 Å². The Kier molecular flexibility index (Phi) is 4.72. The highest BCUT2D eigenvalue weighted by atomic mass is 79.9. The molecule has 0 saturated carbocycles. The van der Waals surface area contributed by atoms with Crippen LogP contribution in [0.2, 0.25) is 0 Å². The first-order chi connectivity index (χ1) is 9.11. The van der Waals surface area contributed by atoms with E-state index in [1.807, 2.05) is 13.1 Å². The number of nitrogens with one attached hydrogen (secondary N) is 1. The molecule has 0 saturated heterocycles. The number of rotatable bonds is 4. The van der Waals surface area contributed by atoms with Gasteiger partial charge in [0.05, 0.1) is 6.04 Å². The van der Waals surface area contributed by atoms with Gasteiger partial charge in [-0.3, -0.25) is 4.98 Å². The van der Waals surface area contributed by atoms with Gasteiger partial charge in [-0.15, -0.1) is 0 Å². The molecule has 100 valence electrons. The van der Waals surface area contributed by atoms with Crippen molar-refractivity contribution in [2.24, 2.45) is 0 Å². The molecule has 1 aromatic carbocycles. The maximum Gasteiger partial charge on any atom is 0.0591 e. The van der Waals surface area contributed by atoms with E-state index in [0.29, 0.717) is 0 Å². The number of hydrogen-bond acceptors (Lipinski definition) is 2. The zero-order valence-electron chi connectivity index (χ0n) is 11.6. The van der Waals surface area contributed by atoms with E-state index in [4.69, 9.17) is 0 Å². The van der Waals surface area contributed by atoms with Crippen LogP contribution in [-0.2, 0) is 0 Å². The van der Waals surface area contributed by atoms with Gasteiger partial charge in [0, 0.05) is 16.4 Å². The van der Waals surface area contributed by atoms with Gasteiger partial charge in [0.2, 0.25) is 0 Å². The van der Waals surface area contributed by atoms with Crippen molar-refractivity contribution in [1.29, 1.82) is 0 Å². The van der Waals surface area contributed by atoms with Gasteiger partial charge in [-0.2, -0.15) is 0 Å². The fourth-order valence-corrected chi connectivity index (χ4v) is 2.38. The summed E-state index contributed by atoms with van der Waals surface area (Å²) in [7, 11) is 0. The Labute approximate surface area is 123 Å². The fraction of sp³-hybridized carbons (Fsp3) is 0.312. The zero-order chi connectivity index (χ0) is 13.8. The molecule has 0 bridgehead atoms. The van der Waals surface area contributed by atoms with Gasteiger partial charge in [0.25, 0.3) is 0 Å². The number of hydrogen-bond donors (Lipinski definition) is 1. The molecule has 2 aromatic rings. The summed E-state index contributed by atoms with van der Waals surface area (Å²) in [5.74, 6) is 0. The molecular formula is C16H19BrN2. The third-order valence-electron chi connectivity index (χ3n) is 3.19. The van der Waals surface area contributed by atoms with E-state index in [2.05, 4.69) is 70.4 Å². The molecule has 0 aliphatic rings. The monoisotopic (exact) mass is 318 g/mol. The van der Waals surface area contributed by atoms with E-state index >= 15 is 0 Å². The number of pyridine rings is 1. The maximum atomic E-state index is 4.40. The van der Waals surface area contributed by atoms with E-state index in [-0.39, 0.29) is 6.04 Å². The highest BCUT2D eigenvalue weighted by Gasteiger charge is 2.13. The van der Waals surface area contributed by atoms with Crippen LogP contribution in [0, 0.1) is 13.8 Å². The van der Waals surface area contributed by atoms with E-state index in [0.717, 1.165) is 16.7 Å². The van der Waals surface area contributed by atoms with Crippen molar-refractivity contribution in [1.82, 2.24) is 10.3 Å². The summed E-state index contributed by atoms with van der Waals surface area (Å²) in [5.41, 5.74) is 4.77. The molecule has 19 heavy (non-hydrogen) atoms. The number of halogens is 1. The van der Waals surface area contributed by atoms with Crippen LogP contribution < -0.4 is 5.32 Å². The van der Waals surface area contributed by atoms with Crippen LogP contribution in [0.1, 0.15) is 35.3 Å². The van der Waals surface area contributed by atoms with Crippen molar-refractivity contribution >= 4 is 15.9 Å². The van der Waals surface area contributed by atoms with Gasteiger partial charge in [0.15, 0.2) is 0 Å². The van der Waals surface area contributed by atoms with Crippen molar-refractivity contribution in [3.05, 3.63) is 63.4 Å². The van der Waals surface area contributed by atoms with Gasteiger partial charge >= 0.3 is 0 Å². The van der Waals surface area contributed by atoms with E-state index in [1.165, 1.54) is 16.7 Å². The van der Waals surface area contributed by atoms with E-state index in [9.17, 15) is 0 Å². The standard InChI is InChI=1S/C16H19BrN2/c1-4-18-16(14-6-5-12(3)19-10-14)13-7-8-15(17)11(2)9-13/h5-10,16,18H,4H2,1-3H3. The number of aryl methyl sites for hydroxylation is 2. The van der Waals surface area contributed by atoms with E-state index in [1.54, 1.807) is 0 Å². The largest absolute Gasteiger partial charge is 0.306 e. The quantitative estimate of drug-likeness (QED) is 0.915. The van der Waals surface area contributed by atoms with Gasteiger partial charge in [-0.1, -0.05) is 41.1 Å². The molecule has 1 atom stereocenters. The summed E-state index contributed by atoms with van der Waals surface area (Å²) in [6, 6.07) is 10.9. The average molecular weight is 319 g/mol. The lowest BCUT2D eigenvalue weighted by Crippen LogP contribution is -2.22. The van der Waals surface area contributed by atoms with Crippen molar-refractivity contribution in [3.63, 3.8) is 0 Å². The van der Waals surface area contributed by atoms with Crippen LogP contribution in [0.4, 0.5) is 0 Å². The first-order valence-corrected chi connectivity index (χ1v) is 7.33. The summed E-state index contributed by atoms with van der Waals surface area (Å²) < 4.78 is 1.15. The van der Waals surface area contributed by atoms with Crippen molar-refractivity contribution in [2.75, 3.05) is 6.54 Å². The zero-order valence-corrected chi connectivity index (χ0v) is 13.2. The second-order valence-electron chi connectivity index (χ2n) is 4.73. The lowest BCUT2D eigenvalue weighted by molar-refractivity contribution is 0.628. The summed E-state index contributed by atoms with van der Waals surface area (Å²) in [5, 5.41) is 3.53. The van der Waals surface area contributed by atoms with Crippen LogP contribution in [-0.4, -0.2) is 11.5 Å². The fourth-order valence-electron chi connectivity index (χ4n) is 2.13. The number of nitrogens with zero attached hydrogens (tertiary/aromatic N) is 1. The molecule has 0 radical (unpaired) electrons. The smallest absolute Gasteiger partial charge is 0.0591 e. The van der Waals surface area contributed by atoms with Gasteiger partial charge in [-0.25, -0.2) is 0 Å². The third-order valence-corrected chi connectivity index (χ3v) is 4.08. The maximum absolute atomic E-state index is 4.40. The lowest BCUT2D eigenvalue weighted by Gasteiger charge is -2.19. The predicted molar refractivity (Wildman–Crippen MR) is 83.4 cm³/mol. The first kappa shape index (κ1) is 14.2. The second kappa shape index (κ2) is 6.31. The molecule has 0 aliphatic carbocycles. The molecule has 0 amide bonds. The molecule has 1 unspecified atom stereocenters. The lowest BCUT2D eigenvalue weighted by atomic mass is 9.98. The van der Waals surface area contributed by atoms with Crippen LogP contribution >= 0.6 is 15.9 Å². The van der Waals surface area contributed by atoms with Gasteiger partial charge in [0.1, 0.15) is 0 Å². The minimum absolute atomic E-state index is 0.199. The molecule has 2 nitrogen and oxygen atoms in total. The molecule has 2 rings (SSSR count). The molecule has 3 heteroatoms. The minimum Gasteiger partial charge on any atom is -0.306 e. The molecule has 1 aromatic heterocycles. The Morgan fingerprint density at radius 1 is 1.16 bits per heavy atom. The Balaban J connectivity index is 2.38. The molecule has 0 spiro atoms. The van der Waals surface area contributed by atoms with Crippen LogP contribution in [0.25, 0.3) is 0 Å². The summed E-state index contributed by atoms with van der Waals surface area (Å²) in [6.45, 7) is 7.17. The number of aromatic nitrogens is 1. The number of benzene rings is 1. The summed E-state index contributed by atoms with van der Waals surface area (Å²) in [6.07, 6.45) is 1.96. The average Bonchev–Trinajstić information content (AvgIpc) is 2.41. The predicted octanol–water partition coefficient (Wildman–Crippen LogP) is 4.16. The third kappa shape index (κ3) is 3.43. The first-order valence-electron chi connectivity index (χ1n) is 6.53. The molecule has 0 aliphatic heterocycles. The van der Waals surface area contributed by atoms with E-state index < -0.39 is 0 Å². The van der Waals surface area contributed by atoms with Gasteiger partial charge < -0.3 is 5.32 Å². The highest BCUT2D eigenvalue weighted by Crippen LogP contribution is 2.25. The van der Waals surface area contributed by atoms with Gasteiger partial charge in [-0.05, 0) is 49.2 Å². The molecule has 0 fully saturated rings. The molecule has 1 N–H and O–H groups in total. The Morgan fingerprint density at radius 2 is 1.89 bits per heavy atom. The second-order valence-corrected chi connectivity index (χ2v) is 5.59. The normalized spacial score (nSPS) is 12.4. The van der Waals surface area contributed by atoms with Crippen molar-refractivity contribution in [2.45, 2.75) is 26.8 Å².